The third-order valence-electron chi connectivity index (χ3n) is 4.36. The molecule has 2 aromatic heterocycles. The van der Waals surface area contributed by atoms with Gasteiger partial charge in [-0.1, -0.05) is 6.58 Å². The zero-order chi connectivity index (χ0) is 18.9. The van der Waals surface area contributed by atoms with E-state index in [1.54, 1.807) is 17.4 Å². The quantitative estimate of drug-likeness (QED) is 0.767. The Hall–Kier alpha value is -1.55. The maximum Gasteiger partial charge on any atom is 0.252 e. The number of aromatic nitrogens is 1. The second kappa shape index (κ2) is 7.59. The number of sulfonamides is 1. The van der Waals surface area contributed by atoms with Crippen molar-refractivity contribution in [1.82, 2.24) is 14.6 Å². The third-order valence-corrected chi connectivity index (χ3v) is 8.72. The first-order valence-corrected chi connectivity index (χ1v) is 11.4. The second-order valence-electron chi connectivity index (χ2n) is 6.27. The molecule has 0 aliphatic carbocycles. The van der Waals surface area contributed by atoms with Crippen LogP contribution in [0, 0.1) is 6.92 Å². The number of hydrogen-bond donors (Lipinski definition) is 1. The first kappa shape index (κ1) is 19.2. The Kier molecular flexibility index (Phi) is 5.61. The standard InChI is InChI=1S/C17H21N3O3S3/c1-4-16(21)19-13-7-8-20(11(2)9-13)26(22,23)17-6-5-15(25-17)14-10-24-12(3)18-14/h4-6,10-11,13H,1,7-9H2,2-3H3,(H,19,21). The van der Waals surface area contributed by atoms with Gasteiger partial charge in [0.15, 0.2) is 0 Å². The number of aryl methyl sites for hydroxylation is 1. The van der Waals surface area contributed by atoms with Crippen LogP contribution in [-0.2, 0) is 14.8 Å². The molecule has 0 spiro atoms. The third kappa shape index (κ3) is 3.90. The van der Waals surface area contributed by atoms with Crippen molar-refractivity contribution in [1.29, 1.82) is 0 Å². The van der Waals surface area contributed by atoms with E-state index in [9.17, 15) is 13.2 Å². The van der Waals surface area contributed by atoms with Crippen LogP contribution in [0.1, 0.15) is 24.8 Å². The summed E-state index contributed by atoms with van der Waals surface area (Å²) in [4.78, 5) is 16.7. The minimum Gasteiger partial charge on any atom is -0.350 e. The Morgan fingerprint density at radius 1 is 1.46 bits per heavy atom. The molecule has 2 atom stereocenters. The fraction of sp³-hybridized carbons (Fsp3) is 0.412. The van der Waals surface area contributed by atoms with Gasteiger partial charge in [-0.2, -0.15) is 4.31 Å². The lowest BCUT2D eigenvalue weighted by atomic mass is 10.0. The average Bonchev–Trinajstić information content (AvgIpc) is 3.23. The predicted octanol–water partition coefficient (Wildman–Crippen LogP) is 3.02. The Bertz CT molecular complexity index is 917. The van der Waals surface area contributed by atoms with E-state index in [2.05, 4.69) is 16.9 Å². The van der Waals surface area contributed by atoms with Crippen molar-refractivity contribution in [3.05, 3.63) is 35.2 Å². The minimum atomic E-state index is -3.55. The summed E-state index contributed by atoms with van der Waals surface area (Å²) in [5.41, 5.74) is 0.817. The molecule has 26 heavy (non-hydrogen) atoms. The zero-order valence-corrected chi connectivity index (χ0v) is 17.1. The molecule has 6 nitrogen and oxygen atoms in total. The molecule has 1 amide bonds. The lowest BCUT2D eigenvalue weighted by Gasteiger charge is -2.36. The molecule has 0 saturated carbocycles. The van der Waals surface area contributed by atoms with E-state index in [0.29, 0.717) is 23.6 Å². The smallest absolute Gasteiger partial charge is 0.252 e. The molecule has 0 radical (unpaired) electrons. The Morgan fingerprint density at radius 2 is 2.23 bits per heavy atom. The number of carbonyl (C=O) groups is 1. The van der Waals surface area contributed by atoms with Gasteiger partial charge in [0.2, 0.25) is 5.91 Å². The van der Waals surface area contributed by atoms with Crippen molar-refractivity contribution >= 4 is 38.6 Å². The van der Waals surface area contributed by atoms with Gasteiger partial charge in [0.25, 0.3) is 10.0 Å². The van der Waals surface area contributed by atoms with Crippen molar-refractivity contribution < 1.29 is 13.2 Å². The van der Waals surface area contributed by atoms with Crippen molar-refractivity contribution in [3.8, 4) is 10.6 Å². The van der Waals surface area contributed by atoms with E-state index in [4.69, 9.17) is 0 Å². The summed E-state index contributed by atoms with van der Waals surface area (Å²) in [7, 11) is -3.55. The van der Waals surface area contributed by atoms with Gasteiger partial charge in [-0.25, -0.2) is 13.4 Å². The van der Waals surface area contributed by atoms with Crippen molar-refractivity contribution in [2.75, 3.05) is 6.54 Å². The largest absolute Gasteiger partial charge is 0.350 e. The molecule has 140 valence electrons. The maximum absolute atomic E-state index is 13.0. The summed E-state index contributed by atoms with van der Waals surface area (Å²) in [6.07, 6.45) is 2.41. The number of thiazole rings is 1. The van der Waals surface area contributed by atoms with Crippen LogP contribution in [0.2, 0.25) is 0 Å². The SMILES string of the molecule is C=CC(=O)NC1CCN(S(=O)(=O)c2ccc(-c3csc(C)n3)s2)C(C)C1. The molecule has 1 aliphatic rings. The molecule has 1 fully saturated rings. The van der Waals surface area contributed by atoms with Crippen molar-refractivity contribution in [2.45, 2.75) is 43.0 Å². The number of piperidine rings is 1. The van der Waals surface area contributed by atoms with Crippen LogP contribution in [-0.4, -0.2) is 42.2 Å². The summed E-state index contributed by atoms with van der Waals surface area (Å²) < 4.78 is 28.0. The highest BCUT2D eigenvalue weighted by atomic mass is 32.2. The Labute approximate surface area is 161 Å². The van der Waals surface area contributed by atoms with Crippen molar-refractivity contribution in [3.63, 3.8) is 0 Å². The monoisotopic (exact) mass is 411 g/mol. The van der Waals surface area contributed by atoms with Gasteiger partial charge in [-0.05, 0) is 44.9 Å². The van der Waals surface area contributed by atoms with Crippen LogP contribution in [0.3, 0.4) is 0 Å². The normalized spacial score (nSPS) is 21.5. The van der Waals surface area contributed by atoms with Gasteiger partial charge in [-0.3, -0.25) is 4.79 Å². The van der Waals surface area contributed by atoms with E-state index in [1.165, 1.54) is 21.7 Å². The van der Waals surface area contributed by atoms with Crippen LogP contribution in [0.25, 0.3) is 10.6 Å². The maximum atomic E-state index is 13.0. The summed E-state index contributed by atoms with van der Waals surface area (Å²) in [6, 6.07) is 3.26. The number of hydrogen-bond acceptors (Lipinski definition) is 6. The predicted molar refractivity (Wildman–Crippen MR) is 105 cm³/mol. The summed E-state index contributed by atoms with van der Waals surface area (Å²) in [5.74, 6) is -0.222. The second-order valence-corrected chi connectivity index (χ2v) is 10.5. The van der Waals surface area contributed by atoms with Gasteiger partial charge in [0.1, 0.15) is 4.21 Å². The lowest BCUT2D eigenvalue weighted by molar-refractivity contribution is -0.117. The molecule has 3 heterocycles. The highest BCUT2D eigenvalue weighted by molar-refractivity contribution is 7.91. The molecule has 3 rings (SSSR count). The van der Waals surface area contributed by atoms with E-state index < -0.39 is 10.0 Å². The molecule has 0 aromatic carbocycles. The van der Waals surface area contributed by atoms with Crippen LogP contribution in [0.15, 0.2) is 34.4 Å². The summed E-state index contributed by atoms with van der Waals surface area (Å²) in [5, 5.41) is 5.75. The number of nitrogens with one attached hydrogen (secondary N) is 1. The average molecular weight is 412 g/mol. The Morgan fingerprint density at radius 3 is 2.85 bits per heavy atom. The number of rotatable bonds is 5. The molecular formula is C17H21N3O3S3. The zero-order valence-electron chi connectivity index (χ0n) is 14.6. The fourth-order valence-electron chi connectivity index (χ4n) is 3.09. The molecule has 2 aromatic rings. The molecule has 2 unspecified atom stereocenters. The van der Waals surface area contributed by atoms with Gasteiger partial charge in [0, 0.05) is 24.0 Å². The highest BCUT2D eigenvalue weighted by Gasteiger charge is 2.35. The fourth-order valence-corrected chi connectivity index (χ4v) is 6.83. The molecule has 1 saturated heterocycles. The van der Waals surface area contributed by atoms with E-state index in [1.807, 2.05) is 25.3 Å². The van der Waals surface area contributed by atoms with Crippen LogP contribution < -0.4 is 5.32 Å². The first-order valence-electron chi connectivity index (χ1n) is 8.28. The van der Waals surface area contributed by atoms with Crippen LogP contribution in [0.4, 0.5) is 0 Å². The molecule has 9 heteroatoms. The Balaban J connectivity index is 1.75. The summed E-state index contributed by atoms with van der Waals surface area (Å²) >= 11 is 2.79. The lowest BCUT2D eigenvalue weighted by Crippen LogP contribution is -2.50. The molecular weight excluding hydrogens is 390 g/mol. The minimum absolute atomic E-state index is 0.0289. The van der Waals surface area contributed by atoms with Crippen molar-refractivity contribution in [2.24, 2.45) is 0 Å². The van der Waals surface area contributed by atoms with E-state index >= 15 is 0 Å². The number of carbonyl (C=O) groups excluding carboxylic acids is 1. The molecule has 1 N–H and O–H groups in total. The number of thiophene rings is 1. The number of nitrogens with zero attached hydrogens (tertiary/aromatic N) is 2. The van der Waals surface area contributed by atoms with Crippen LogP contribution >= 0.6 is 22.7 Å². The van der Waals surface area contributed by atoms with Crippen LogP contribution in [0.5, 0.6) is 0 Å². The summed E-state index contributed by atoms with van der Waals surface area (Å²) in [6.45, 7) is 7.63. The van der Waals surface area contributed by atoms with Gasteiger partial charge >= 0.3 is 0 Å². The van der Waals surface area contributed by atoms with Gasteiger partial charge in [-0.15, -0.1) is 22.7 Å². The highest BCUT2D eigenvalue weighted by Crippen LogP contribution is 2.34. The molecule has 0 bridgehead atoms. The van der Waals surface area contributed by atoms with Gasteiger partial charge < -0.3 is 5.32 Å². The topological polar surface area (TPSA) is 79.4 Å². The molecule has 1 aliphatic heterocycles. The van der Waals surface area contributed by atoms with E-state index in [0.717, 1.165) is 15.6 Å². The number of amides is 1. The van der Waals surface area contributed by atoms with Gasteiger partial charge in [0.05, 0.1) is 15.6 Å². The first-order chi connectivity index (χ1) is 12.3. The van der Waals surface area contributed by atoms with E-state index in [-0.39, 0.29) is 18.0 Å².